The van der Waals surface area contributed by atoms with Crippen LogP contribution in [0.3, 0.4) is 0 Å². The van der Waals surface area contributed by atoms with Gasteiger partial charge in [-0.15, -0.1) is 0 Å². The van der Waals surface area contributed by atoms with Crippen molar-refractivity contribution in [2.24, 2.45) is 0 Å². The molecule has 1 saturated heterocycles. The highest BCUT2D eigenvalue weighted by atomic mass is 15.2. The van der Waals surface area contributed by atoms with E-state index in [4.69, 9.17) is 0 Å². The van der Waals surface area contributed by atoms with Crippen molar-refractivity contribution >= 4 is 0 Å². The minimum Gasteiger partial charge on any atom is -0.307 e. The zero-order chi connectivity index (χ0) is 8.10. The van der Waals surface area contributed by atoms with Crippen LogP contribution in [0.5, 0.6) is 0 Å². The van der Waals surface area contributed by atoms with Crippen molar-refractivity contribution in [3.8, 4) is 0 Å². The Kier molecular flexibility index (Phi) is 3.87. The van der Waals surface area contributed by atoms with E-state index in [0.29, 0.717) is 0 Å². The van der Waals surface area contributed by atoms with Gasteiger partial charge >= 0.3 is 0 Å². The number of nitrogens with zero attached hydrogens (tertiary/aromatic N) is 2. The van der Waals surface area contributed by atoms with Gasteiger partial charge in [0.2, 0.25) is 0 Å². The second-order valence-corrected chi connectivity index (χ2v) is 3.44. The number of likely N-dealkylation sites (tertiary alicyclic amines) is 1. The van der Waals surface area contributed by atoms with Gasteiger partial charge in [0.15, 0.2) is 0 Å². The predicted molar refractivity (Wildman–Crippen MR) is 48.8 cm³/mol. The molecule has 0 N–H and O–H groups in total. The average molecular weight is 156 g/mol. The summed E-state index contributed by atoms with van der Waals surface area (Å²) >= 11 is 0. The quantitative estimate of drug-likeness (QED) is 0.586. The number of hydrogen-bond acceptors (Lipinski definition) is 2. The van der Waals surface area contributed by atoms with Gasteiger partial charge in [0.05, 0.1) is 0 Å². The second kappa shape index (κ2) is 4.73. The summed E-state index contributed by atoms with van der Waals surface area (Å²) in [5, 5.41) is 0. The molecule has 11 heavy (non-hydrogen) atoms. The molecule has 0 saturated carbocycles. The van der Waals surface area contributed by atoms with Crippen LogP contribution in [0.25, 0.3) is 0 Å². The maximum absolute atomic E-state index is 2.53. The van der Waals surface area contributed by atoms with Gasteiger partial charge in [-0.1, -0.05) is 6.92 Å². The van der Waals surface area contributed by atoms with Crippen LogP contribution in [-0.4, -0.2) is 49.6 Å². The van der Waals surface area contributed by atoms with Gasteiger partial charge < -0.3 is 9.80 Å². The minimum atomic E-state index is 1.18. The van der Waals surface area contributed by atoms with Crippen LogP contribution in [0.1, 0.15) is 19.8 Å². The van der Waals surface area contributed by atoms with Crippen LogP contribution in [0.2, 0.25) is 0 Å². The van der Waals surface area contributed by atoms with E-state index in [1.54, 1.807) is 0 Å². The zero-order valence-electron chi connectivity index (χ0n) is 7.84. The monoisotopic (exact) mass is 156 g/mol. The van der Waals surface area contributed by atoms with Crippen molar-refractivity contribution in [2.75, 3.05) is 39.8 Å². The fraction of sp³-hybridized carbons (Fsp3) is 1.00. The van der Waals surface area contributed by atoms with Gasteiger partial charge in [-0.25, -0.2) is 0 Å². The Morgan fingerprint density at radius 3 is 2.55 bits per heavy atom. The molecule has 0 aromatic carbocycles. The maximum atomic E-state index is 2.53. The maximum Gasteiger partial charge on any atom is -0.000653 e. The Bertz CT molecular complexity index is 95.0. The summed E-state index contributed by atoms with van der Waals surface area (Å²) in [4.78, 5) is 4.91. The Hall–Kier alpha value is -0.0800. The van der Waals surface area contributed by atoms with Gasteiger partial charge in [0.25, 0.3) is 0 Å². The molecule has 0 atom stereocenters. The van der Waals surface area contributed by atoms with Crippen LogP contribution >= 0.6 is 0 Å². The third-order valence-corrected chi connectivity index (χ3v) is 2.50. The number of hydrogen-bond donors (Lipinski definition) is 0. The van der Waals surface area contributed by atoms with Crippen molar-refractivity contribution in [3.63, 3.8) is 0 Å². The normalized spacial score (nSPS) is 18.8. The van der Waals surface area contributed by atoms with E-state index in [-0.39, 0.29) is 0 Å². The molecule has 0 aliphatic carbocycles. The highest BCUT2D eigenvalue weighted by Gasteiger charge is 2.12. The first-order chi connectivity index (χ1) is 5.33. The molecule has 0 amide bonds. The minimum absolute atomic E-state index is 1.18. The summed E-state index contributed by atoms with van der Waals surface area (Å²) in [7, 11) is 2.19. The Morgan fingerprint density at radius 1 is 1.36 bits per heavy atom. The standard InChI is InChI=1S/C9H20N2/c1-3-10(2)6-4-7-11-8-5-9-11/h3-9H2,1-2H3. The van der Waals surface area contributed by atoms with Crippen LogP contribution < -0.4 is 0 Å². The van der Waals surface area contributed by atoms with Crippen LogP contribution in [-0.2, 0) is 0 Å². The first kappa shape index (κ1) is 9.01. The lowest BCUT2D eigenvalue weighted by Gasteiger charge is -2.31. The van der Waals surface area contributed by atoms with Crippen molar-refractivity contribution in [1.29, 1.82) is 0 Å². The lowest BCUT2D eigenvalue weighted by Crippen LogP contribution is -2.38. The highest BCUT2D eigenvalue weighted by Crippen LogP contribution is 2.05. The first-order valence-corrected chi connectivity index (χ1v) is 4.74. The van der Waals surface area contributed by atoms with Crippen LogP contribution in [0.4, 0.5) is 0 Å². The molecule has 1 aliphatic rings. The molecule has 2 heteroatoms. The van der Waals surface area contributed by atoms with Gasteiger partial charge in [0, 0.05) is 0 Å². The topological polar surface area (TPSA) is 6.48 Å². The molecule has 66 valence electrons. The molecule has 1 fully saturated rings. The van der Waals surface area contributed by atoms with Gasteiger partial charge in [-0.05, 0) is 52.6 Å². The predicted octanol–water partition coefficient (Wildman–Crippen LogP) is 1.03. The Balaban J connectivity index is 1.86. The fourth-order valence-electron chi connectivity index (χ4n) is 1.33. The molecule has 1 rings (SSSR count). The summed E-state index contributed by atoms with van der Waals surface area (Å²) in [6.07, 6.45) is 2.76. The van der Waals surface area contributed by atoms with E-state index in [9.17, 15) is 0 Å². The lowest BCUT2D eigenvalue weighted by atomic mass is 10.2. The summed E-state index contributed by atoms with van der Waals surface area (Å²) in [6, 6.07) is 0. The molecule has 0 unspecified atom stereocenters. The van der Waals surface area contributed by atoms with E-state index in [2.05, 4.69) is 23.8 Å². The molecule has 1 aliphatic heterocycles. The number of rotatable bonds is 5. The Morgan fingerprint density at radius 2 is 2.09 bits per heavy atom. The fourth-order valence-corrected chi connectivity index (χ4v) is 1.33. The van der Waals surface area contributed by atoms with E-state index in [1.165, 1.54) is 45.6 Å². The molecular formula is C9H20N2. The van der Waals surface area contributed by atoms with Crippen LogP contribution in [0.15, 0.2) is 0 Å². The molecule has 0 aromatic rings. The third-order valence-electron chi connectivity index (χ3n) is 2.50. The molecule has 2 nitrogen and oxygen atoms in total. The molecule has 0 spiro atoms. The van der Waals surface area contributed by atoms with Crippen molar-refractivity contribution in [2.45, 2.75) is 19.8 Å². The van der Waals surface area contributed by atoms with Crippen molar-refractivity contribution in [1.82, 2.24) is 9.80 Å². The Labute approximate surface area is 70.2 Å². The molecular weight excluding hydrogens is 136 g/mol. The van der Waals surface area contributed by atoms with E-state index >= 15 is 0 Å². The molecule has 0 radical (unpaired) electrons. The van der Waals surface area contributed by atoms with Gasteiger partial charge in [0.1, 0.15) is 0 Å². The summed E-state index contributed by atoms with van der Waals surface area (Å²) in [6.45, 7) is 8.65. The molecule has 0 aromatic heterocycles. The molecule has 1 heterocycles. The van der Waals surface area contributed by atoms with Crippen molar-refractivity contribution < 1.29 is 0 Å². The van der Waals surface area contributed by atoms with Crippen LogP contribution in [0, 0.1) is 0 Å². The largest absolute Gasteiger partial charge is 0.307 e. The van der Waals surface area contributed by atoms with Gasteiger partial charge in [-0.3, -0.25) is 0 Å². The molecule has 0 bridgehead atoms. The van der Waals surface area contributed by atoms with E-state index in [0.717, 1.165) is 0 Å². The smallest absolute Gasteiger partial charge is 0.000653 e. The average Bonchev–Trinajstić information content (AvgIpc) is 1.94. The summed E-state index contributed by atoms with van der Waals surface area (Å²) in [5.41, 5.74) is 0. The van der Waals surface area contributed by atoms with Crippen molar-refractivity contribution in [3.05, 3.63) is 0 Å². The van der Waals surface area contributed by atoms with E-state index < -0.39 is 0 Å². The summed E-state index contributed by atoms with van der Waals surface area (Å²) < 4.78 is 0. The first-order valence-electron chi connectivity index (χ1n) is 4.74. The summed E-state index contributed by atoms with van der Waals surface area (Å²) in [5.74, 6) is 0. The third kappa shape index (κ3) is 3.21. The second-order valence-electron chi connectivity index (χ2n) is 3.44. The van der Waals surface area contributed by atoms with Gasteiger partial charge in [-0.2, -0.15) is 0 Å². The highest BCUT2D eigenvalue weighted by molar-refractivity contribution is 4.68. The van der Waals surface area contributed by atoms with E-state index in [1.807, 2.05) is 0 Å². The zero-order valence-corrected chi connectivity index (χ0v) is 7.84. The lowest BCUT2D eigenvalue weighted by molar-refractivity contribution is 0.171. The SMILES string of the molecule is CCN(C)CCCN1CCC1.